The Hall–Kier alpha value is -3.11. The van der Waals surface area contributed by atoms with Gasteiger partial charge in [0.25, 0.3) is 11.8 Å². The van der Waals surface area contributed by atoms with Gasteiger partial charge in [0.15, 0.2) is 25.0 Å². The molecule has 6 heterocycles. The molecule has 216 valence electrons. The number of ether oxygens (including phenoxy) is 5. The molecule has 6 aliphatic rings. The highest BCUT2D eigenvalue weighted by Crippen LogP contribution is 2.37. The average Bonchev–Trinajstić information content (AvgIpc) is 3.68. The van der Waals surface area contributed by atoms with E-state index in [1.165, 1.54) is 19.6 Å². The molecule has 39 heavy (non-hydrogen) atoms. The highest BCUT2D eigenvalue weighted by atomic mass is 16.8. The number of carboxylic acids is 1. The summed E-state index contributed by atoms with van der Waals surface area (Å²) in [6, 6.07) is -0.598. The van der Waals surface area contributed by atoms with Gasteiger partial charge in [-0.15, -0.1) is 0 Å². The minimum absolute atomic E-state index is 0.182. The Morgan fingerprint density at radius 2 is 1.36 bits per heavy atom. The van der Waals surface area contributed by atoms with Crippen LogP contribution in [0.15, 0.2) is 12.7 Å². The molecular weight excluding hydrogens is 520 g/mol. The summed E-state index contributed by atoms with van der Waals surface area (Å²) in [6.45, 7) is 14.0. The zero-order valence-corrected chi connectivity index (χ0v) is 22.5. The zero-order valence-electron chi connectivity index (χ0n) is 22.5. The largest absolute Gasteiger partial charge is 0.478 e. The Morgan fingerprint density at radius 1 is 0.923 bits per heavy atom. The van der Waals surface area contributed by atoms with E-state index in [-0.39, 0.29) is 61.5 Å². The monoisotopic (exact) mass is 554 g/mol. The third kappa shape index (κ3) is 6.06. The lowest BCUT2D eigenvalue weighted by atomic mass is 10.0. The van der Waals surface area contributed by atoms with Crippen LogP contribution >= 0.6 is 0 Å². The summed E-state index contributed by atoms with van der Waals surface area (Å²) in [5, 5.41) is 7.60. The fourth-order valence-electron chi connectivity index (χ4n) is 4.36. The van der Waals surface area contributed by atoms with Crippen LogP contribution < -0.4 is 0 Å². The van der Waals surface area contributed by atoms with Gasteiger partial charge < -0.3 is 28.8 Å². The number of imide groups is 2. The summed E-state index contributed by atoms with van der Waals surface area (Å²) in [5.74, 6) is -1.39. The fourth-order valence-corrected chi connectivity index (χ4v) is 4.36. The van der Waals surface area contributed by atoms with Gasteiger partial charge >= 0.3 is 18.0 Å². The van der Waals surface area contributed by atoms with Crippen LogP contribution in [0.3, 0.4) is 0 Å². The number of amides is 6. The predicted octanol–water partition coefficient (Wildman–Crippen LogP) is 0.146. The lowest BCUT2D eigenvalue weighted by molar-refractivity contribution is -0.134. The fraction of sp³-hybridized carbons (Fsp3) is 0.708. The molecule has 0 aromatic heterocycles. The number of nitrogens with zero attached hydrogens (tertiary/aromatic N) is 4. The number of epoxide rings is 4. The lowest BCUT2D eigenvalue weighted by Gasteiger charge is -2.25. The van der Waals surface area contributed by atoms with Crippen LogP contribution in [0.1, 0.15) is 34.6 Å². The van der Waals surface area contributed by atoms with Gasteiger partial charge in [-0.2, -0.15) is 0 Å². The number of carbonyl (C=O) groups is 5. The molecule has 5 unspecified atom stereocenters. The average molecular weight is 555 g/mol. The van der Waals surface area contributed by atoms with Crippen molar-refractivity contribution in [2.75, 3.05) is 33.0 Å². The van der Waals surface area contributed by atoms with Crippen molar-refractivity contribution < 1.29 is 52.8 Å². The van der Waals surface area contributed by atoms with Crippen molar-refractivity contribution in [3.8, 4) is 0 Å². The summed E-state index contributed by atoms with van der Waals surface area (Å²) >= 11 is 0. The molecule has 0 aromatic carbocycles. The lowest BCUT2D eigenvalue weighted by Crippen LogP contribution is -2.45. The summed E-state index contributed by atoms with van der Waals surface area (Å²) in [6.07, 6.45) is -0.442. The third-order valence-corrected chi connectivity index (χ3v) is 6.68. The van der Waals surface area contributed by atoms with E-state index < -0.39 is 17.0 Å². The number of carboxylic acid groups (broad SMARTS) is 1. The Morgan fingerprint density at radius 3 is 1.77 bits per heavy atom. The van der Waals surface area contributed by atoms with E-state index in [9.17, 15) is 24.0 Å². The Kier molecular flexibility index (Phi) is 7.75. The van der Waals surface area contributed by atoms with E-state index in [0.717, 1.165) is 6.08 Å². The Balaban J connectivity index is 0.000000158. The van der Waals surface area contributed by atoms with E-state index in [1.54, 1.807) is 27.7 Å². The van der Waals surface area contributed by atoms with Crippen molar-refractivity contribution in [1.82, 2.24) is 19.6 Å². The van der Waals surface area contributed by atoms with Crippen LogP contribution in [0.25, 0.3) is 0 Å². The summed E-state index contributed by atoms with van der Waals surface area (Å²) < 4.78 is 25.7. The van der Waals surface area contributed by atoms with E-state index in [4.69, 9.17) is 28.8 Å². The van der Waals surface area contributed by atoms with Crippen molar-refractivity contribution in [3.05, 3.63) is 12.7 Å². The molecule has 0 aliphatic carbocycles. The normalized spacial score (nSPS) is 31.7. The number of hydrogen-bond acceptors (Lipinski definition) is 10. The molecule has 6 amide bonds. The molecule has 6 aliphatic heterocycles. The molecule has 0 spiro atoms. The number of rotatable bonds is 8. The second-order valence-electron chi connectivity index (χ2n) is 10.6. The van der Waals surface area contributed by atoms with Gasteiger partial charge in [-0.05, 0) is 34.6 Å². The SMILES string of the molecule is C=CC(=O)O.CC(CN1C(=O)N(C2CO2)C(C)(C)C1=O)OC1CO1.CC1(C)C(=O)N(C2CO2)C(=O)N1C1CO1. The molecule has 0 saturated carbocycles. The minimum atomic E-state index is -0.981. The topological polar surface area (TPSA) is 178 Å². The number of aliphatic carboxylic acids is 1. The van der Waals surface area contributed by atoms with Crippen molar-refractivity contribution in [2.24, 2.45) is 0 Å². The van der Waals surface area contributed by atoms with Crippen LogP contribution in [-0.4, -0.2) is 130 Å². The first-order chi connectivity index (χ1) is 18.2. The molecule has 0 bridgehead atoms. The van der Waals surface area contributed by atoms with Gasteiger partial charge in [-0.1, -0.05) is 6.58 Å². The molecule has 15 heteroatoms. The molecule has 15 nitrogen and oxygen atoms in total. The number of urea groups is 2. The standard InChI is InChI=1S/C12H18N2O5.C9H12N2O4.C3H4O2/c1-7(19-9-6-18-9)4-13-10(15)12(2,3)14(11(13)16)8-5-17-8;1-9(2)7(12)10(5-3-14-5)8(13)11(9)6-4-15-6;1-2-3(4)5/h7-9H,4-6H2,1-3H3;5-6H,3-4H2,1-2H3;2H,1H2,(H,4,5). The second kappa shape index (κ2) is 10.5. The van der Waals surface area contributed by atoms with Crippen LogP contribution in [0.5, 0.6) is 0 Å². The first-order valence-electron chi connectivity index (χ1n) is 12.5. The van der Waals surface area contributed by atoms with E-state index in [2.05, 4.69) is 6.58 Å². The maximum Gasteiger partial charge on any atom is 0.332 e. The highest BCUT2D eigenvalue weighted by Gasteiger charge is 2.60. The molecule has 1 N–H and O–H groups in total. The first-order valence-corrected chi connectivity index (χ1v) is 12.5. The minimum Gasteiger partial charge on any atom is -0.478 e. The maximum absolute atomic E-state index is 12.3. The second-order valence-corrected chi connectivity index (χ2v) is 10.6. The third-order valence-electron chi connectivity index (χ3n) is 6.68. The van der Waals surface area contributed by atoms with Crippen molar-refractivity contribution in [1.29, 1.82) is 0 Å². The maximum atomic E-state index is 12.3. The van der Waals surface area contributed by atoms with E-state index in [0.29, 0.717) is 26.4 Å². The van der Waals surface area contributed by atoms with E-state index in [1.807, 2.05) is 6.92 Å². The van der Waals surface area contributed by atoms with Gasteiger partial charge in [0.2, 0.25) is 0 Å². The van der Waals surface area contributed by atoms with Crippen LogP contribution in [-0.2, 0) is 38.1 Å². The molecule has 0 aromatic rings. The van der Waals surface area contributed by atoms with Gasteiger partial charge in [0, 0.05) is 6.08 Å². The van der Waals surface area contributed by atoms with Gasteiger partial charge in [0.05, 0.1) is 32.5 Å². The molecule has 5 atom stereocenters. The summed E-state index contributed by atoms with van der Waals surface area (Å²) in [4.78, 5) is 63.3. The van der Waals surface area contributed by atoms with Crippen molar-refractivity contribution >= 4 is 29.8 Å². The summed E-state index contributed by atoms with van der Waals surface area (Å²) in [7, 11) is 0. The van der Waals surface area contributed by atoms with Crippen LogP contribution in [0, 0.1) is 0 Å². The Labute approximate surface area is 225 Å². The quantitative estimate of drug-likeness (QED) is 0.245. The molecule has 0 radical (unpaired) electrons. The molecule has 6 rings (SSSR count). The molecule has 6 saturated heterocycles. The van der Waals surface area contributed by atoms with Gasteiger partial charge in [-0.3, -0.25) is 24.3 Å². The Bertz CT molecular complexity index is 1050. The van der Waals surface area contributed by atoms with Crippen molar-refractivity contribution in [3.63, 3.8) is 0 Å². The van der Waals surface area contributed by atoms with Crippen LogP contribution in [0.4, 0.5) is 9.59 Å². The van der Waals surface area contributed by atoms with Gasteiger partial charge in [-0.25, -0.2) is 19.3 Å². The smallest absolute Gasteiger partial charge is 0.332 e. The number of carbonyl (C=O) groups excluding carboxylic acids is 4. The van der Waals surface area contributed by atoms with Crippen LogP contribution in [0.2, 0.25) is 0 Å². The van der Waals surface area contributed by atoms with E-state index >= 15 is 0 Å². The van der Waals surface area contributed by atoms with Crippen molar-refractivity contribution in [2.45, 2.75) is 76.8 Å². The first kappa shape index (κ1) is 28.9. The zero-order chi connectivity index (χ0) is 28.9. The van der Waals surface area contributed by atoms with Gasteiger partial charge in [0.1, 0.15) is 17.7 Å². The summed E-state index contributed by atoms with van der Waals surface area (Å²) in [5.41, 5.74) is -1.67. The molecular formula is C24H34N4O11. The molecule has 6 fully saturated rings. The predicted molar refractivity (Wildman–Crippen MR) is 129 cm³/mol. The highest BCUT2D eigenvalue weighted by molar-refractivity contribution is 6.07. The number of hydrogen-bond donors (Lipinski definition) is 1.